The van der Waals surface area contributed by atoms with Crippen molar-refractivity contribution < 1.29 is 22.3 Å². The van der Waals surface area contributed by atoms with Crippen LogP contribution in [0.4, 0.5) is 23.4 Å². The van der Waals surface area contributed by atoms with Crippen molar-refractivity contribution in [3.63, 3.8) is 0 Å². The Morgan fingerprint density at radius 3 is 2.61 bits per heavy atom. The molecule has 0 saturated carbocycles. The molecule has 0 radical (unpaired) electrons. The van der Waals surface area contributed by atoms with Crippen LogP contribution in [-0.2, 0) is 19.8 Å². The largest absolute Gasteiger partial charge is 0.491 e. The van der Waals surface area contributed by atoms with Gasteiger partial charge in [-0.15, -0.1) is 0 Å². The Balaban J connectivity index is 1.82. The summed E-state index contributed by atoms with van der Waals surface area (Å²) in [6.07, 6.45) is -2.35. The SMILES string of the molecule is COc1cnc(Cl)nc1NCc1ccc(-c2nc(C(F)(F)F)cn2C)cc1F. The van der Waals surface area contributed by atoms with Crippen LogP contribution < -0.4 is 10.1 Å². The number of aromatic nitrogens is 4. The van der Waals surface area contributed by atoms with Gasteiger partial charge >= 0.3 is 6.18 Å². The fourth-order valence-corrected chi connectivity index (χ4v) is 2.64. The summed E-state index contributed by atoms with van der Waals surface area (Å²) in [4.78, 5) is 11.3. The fourth-order valence-electron chi connectivity index (χ4n) is 2.51. The van der Waals surface area contributed by atoms with Crippen molar-refractivity contribution in [3.05, 3.63) is 53.0 Å². The molecule has 6 nitrogen and oxygen atoms in total. The van der Waals surface area contributed by atoms with Crippen LogP contribution in [0, 0.1) is 5.82 Å². The molecule has 0 amide bonds. The number of hydrogen-bond donors (Lipinski definition) is 1. The third kappa shape index (κ3) is 4.16. The Labute approximate surface area is 162 Å². The lowest BCUT2D eigenvalue weighted by atomic mass is 10.1. The highest BCUT2D eigenvalue weighted by molar-refractivity contribution is 6.28. The molecule has 0 spiro atoms. The molecule has 3 aromatic rings. The first-order valence-corrected chi connectivity index (χ1v) is 8.26. The molecule has 148 valence electrons. The first-order valence-electron chi connectivity index (χ1n) is 7.89. The number of ether oxygens (including phenoxy) is 1. The number of methoxy groups -OCH3 is 1. The topological polar surface area (TPSA) is 64.9 Å². The second-order valence-electron chi connectivity index (χ2n) is 5.77. The number of anilines is 1. The molecule has 1 N–H and O–H groups in total. The van der Waals surface area contributed by atoms with Gasteiger partial charge in [0.25, 0.3) is 0 Å². The smallest absolute Gasteiger partial charge is 0.434 e. The Hall–Kier alpha value is -2.88. The molecule has 2 heterocycles. The number of imidazole rings is 1. The lowest BCUT2D eigenvalue weighted by Gasteiger charge is -2.11. The van der Waals surface area contributed by atoms with Gasteiger partial charge in [0, 0.05) is 30.9 Å². The molecule has 0 atom stereocenters. The number of nitrogens with one attached hydrogen (secondary N) is 1. The summed E-state index contributed by atoms with van der Waals surface area (Å²) < 4.78 is 59.2. The average molecular weight is 416 g/mol. The fraction of sp³-hybridized carbons (Fsp3) is 0.235. The molecule has 1 aromatic carbocycles. The molecule has 0 aliphatic carbocycles. The molecule has 11 heteroatoms. The summed E-state index contributed by atoms with van der Waals surface area (Å²) in [5.41, 5.74) is -0.545. The van der Waals surface area contributed by atoms with E-state index in [-0.39, 0.29) is 34.6 Å². The van der Waals surface area contributed by atoms with Crippen molar-refractivity contribution in [2.75, 3.05) is 12.4 Å². The Morgan fingerprint density at radius 2 is 2.00 bits per heavy atom. The van der Waals surface area contributed by atoms with E-state index >= 15 is 0 Å². The van der Waals surface area contributed by atoms with Crippen molar-refractivity contribution in [1.29, 1.82) is 0 Å². The summed E-state index contributed by atoms with van der Waals surface area (Å²) in [7, 11) is 2.84. The zero-order chi connectivity index (χ0) is 20.5. The minimum absolute atomic E-state index is 0.00521. The van der Waals surface area contributed by atoms with E-state index in [2.05, 4.69) is 20.3 Å². The molecule has 0 bridgehead atoms. The summed E-state index contributed by atoms with van der Waals surface area (Å²) >= 11 is 5.74. The van der Waals surface area contributed by atoms with Gasteiger partial charge in [0.2, 0.25) is 5.28 Å². The van der Waals surface area contributed by atoms with E-state index in [0.717, 1.165) is 12.3 Å². The quantitative estimate of drug-likeness (QED) is 0.497. The van der Waals surface area contributed by atoms with Gasteiger partial charge in [0.15, 0.2) is 17.3 Å². The van der Waals surface area contributed by atoms with Crippen LogP contribution in [0.3, 0.4) is 0 Å². The van der Waals surface area contributed by atoms with E-state index in [1.807, 2.05) is 0 Å². The van der Waals surface area contributed by atoms with Gasteiger partial charge in [-0.05, 0) is 17.7 Å². The number of nitrogens with zero attached hydrogens (tertiary/aromatic N) is 4. The standard InChI is InChI=1S/C17H14ClF4N5O/c1-27-8-13(17(20,21)22)25-15(27)9-3-4-10(11(19)5-9)6-23-14-12(28-2)7-24-16(18)26-14/h3-5,7-8H,6H2,1-2H3,(H,23,24,26). The molecular formula is C17H14ClF4N5O. The number of benzene rings is 1. The monoisotopic (exact) mass is 415 g/mol. The first kappa shape index (κ1) is 19.9. The Kier molecular flexibility index (Phi) is 5.41. The Morgan fingerprint density at radius 1 is 1.25 bits per heavy atom. The molecule has 2 aromatic heterocycles. The predicted molar refractivity (Wildman–Crippen MR) is 94.5 cm³/mol. The second-order valence-corrected chi connectivity index (χ2v) is 6.11. The van der Waals surface area contributed by atoms with Crippen molar-refractivity contribution in [3.8, 4) is 17.1 Å². The normalized spacial score (nSPS) is 11.5. The predicted octanol–water partition coefficient (Wildman–Crippen LogP) is 4.31. The molecular weight excluding hydrogens is 402 g/mol. The maximum Gasteiger partial charge on any atom is 0.434 e. The van der Waals surface area contributed by atoms with E-state index < -0.39 is 17.7 Å². The van der Waals surface area contributed by atoms with E-state index in [9.17, 15) is 17.6 Å². The molecule has 0 aliphatic rings. The van der Waals surface area contributed by atoms with E-state index in [0.29, 0.717) is 5.75 Å². The third-order valence-electron chi connectivity index (χ3n) is 3.87. The zero-order valence-electron chi connectivity index (χ0n) is 14.7. The lowest BCUT2D eigenvalue weighted by molar-refractivity contribution is -0.140. The van der Waals surface area contributed by atoms with Gasteiger partial charge in [-0.2, -0.15) is 18.2 Å². The Bertz CT molecular complexity index is 1010. The van der Waals surface area contributed by atoms with Crippen LogP contribution >= 0.6 is 11.6 Å². The average Bonchev–Trinajstić information content (AvgIpc) is 3.03. The van der Waals surface area contributed by atoms with Gasteiger partial charge < -0.3 is 14.6 Å². The van der Waals surface area contributed by atoms with Crippen LogP contribution in [-0.4, -0.2) is 26.6 Å². The van der Waals surface area contributed by atoms with Crippen molar-refractivity contribution in [2.45, 2.75) is 12.7 Å². The summed E-state index contributed by atoms with van der Waals surface area (Å²) in [5, 5.41) is 2.88. The number of alkyl halides is 3. The van der Waals surface area contributed by atoms with Crippen molar-refractivity contribution in [2.24, 2.45) is 7.05 Å². The molecule has 3 rings (SSSR count). The van der Waals surface area contributed by atoms with Gasteiger partial charge in [-0.25, -0.2) is 14.4 Å². The molecule has 0 saturated heterocycles. The number of aryl methyl sites for hydroxylation is 1. The van der Waals surface area contributed by atoms with Gasteiger partial charge in [0.05, 0.1) is 13.3 Å². The number of hydrogen-bond acceptors (Lipinski definition) is 5. The second kappa shape index (κ2) is 7.63. The third-order valence-corrected chi connectivity index (χ3v) is 4.05. The van der Waals surface area contributed by atoms with Crippen molar-refractivity contribution >= 4 is 17.4 Å². The molecule has 0 fully saturated rings. The lowest BCUT2D eigenvalue weighted by Crippen LogP contribution is -2.06. The molecule has 0 aliphatic heterocycles. The van der Waals surface area contributed by atoms with Gasteiger partial charge in [-0.1, -0.05) is 12.1 Å². The number of halogens is 5. The minimum atomic E-state index is -4.57. The minimum Gasteiger partial charge on any atom is -0.491 e. The van der Waals surface area contributed by atoms with Crippen LogP contribution in [0.15, 0.2) is 30.6 Å². The summed E-state index contributed by atoms with van der Waals surface area (Å²) in [5.74, 6) is 0.00896. The van der Waals surface area contributed by atoms with Crippen molar-refractivity contribution in [1.82, 2.24) is 19.5 Å². The van der Waals surface area contributed by atoms with E-state index in [1.165, 1.54) is 37.1 Å². The number of rotatable bonds is 5. The molecule has 28 heavy (non-hydrogen) atoms. The highest BCUT2D eigenvalue weighted by atomic mass is 35.5. The highest BCUT2D eigenvalue weighted by Crippen LogP contribution is 2.31. The zero-order valence-corrected chi connectivity index (χ0v) is 15.4. The van der Waals surface area contributed by atoms with Gasteiger partial charge in [-0.3, -0.25) is 0 Å². The highest BCUT2D eigenvalue weighted by Gasteiger charge is 2.34. The van der Waals surface area contributed by atoms with Crippen LogP contribution in [0.25, 0.3) is 11.4 Å². The molecule has 0 unspecified atom stereocenters. The van der Waals surface area contributed by atoms with Crippen LogP contribution in [0.2, 0.25) is 5.28 Å². The van der Waals surface area contributed by atoms with Gasteiger partial charge in [0.1, 0.15) is 11.6 Å². The van der Waals surface area contributed by atoms with E-state index in [4.69, 9.17) is 16.3 Å². The maximum atomic E-state index is 14.5. The first-order chi connectivity index (χ1) is 13.2. The van der Waals surface area contributed by atoms with Crippen LogP contribution in [0.1, 0.15) is 11.3 Å². The van der Waals surface area contributed by atoms with Crippen LogP contribution in [0.5, 0.6) is 5.75 Å². The summed E-state index contributed by atoms with van der Waals surface area (Å²) in [6.45, 7) is 0.0458. The van der Waals surface area contributed by atoms with E-state index in [1.54, 1.807) is 0 Å². The maximum absolute atomic E-state index is 14.5. The summed E-state index contributed by atoms with van der Waals surface area (Å²) in [6, 6.07) is 4.07.